The summed E-state index contributed by atoms with van der Waals surface area (Å²) >= 11 is 16.2. The minimum atomic E-state index is -0.222. The first-order chi connectivity index (χ1) is 9.13. The van der Waals surface area contributed by atoms with Crippen LogP contribution < -0.4 is 0 Å². The zero-order valence-corrected chi connectivity index (χ0v) is 13.8. The second kappa shape index (κ2) is 6.78. The average molecular weight is 358 g/mol. The number of hydrogen-bond donors (Lipinski definition) is 0. The molecule has 19 heavy (non-hydrogen) atoms. The number of rotatable bonds is 4. The van der Waals surface area contributed by atoms with E-state index in [1.54, 1.807) is 0 Å². The molecule has 1 unspecified atom stereocenters. The van der Waals surface area contributed by atoms with E-state index in [1.165, 1.54) is 5.56 Å². The highest BCUT2D eigenvalue weighted by Crippen LogP contribution is 2.37. The Bertz CT molecular complexity index is 549. The zero-order chi connectivity index (χ0) is 13.8. The molecule has 0 heterocycles. The lowest BCUT2D eigenvalue weighted by Gasteiger charge is -2.13. The quantitative estimate of drug-likeness (QED) is 0.556. The van der Waals surface area contributed by atoms with E-state index in [0.29, 0.717) is 5.02 Å². The van der Waals surface area contributed by atoms with Gasteiger partial charge in [0.25, 0.3) is 0 Å². The third-order valence-corrected chi connectivity index (χ3v) is 4.86. The molecule has 3 heteroatoms. The molecule has 1 atom stereocenters. The van der Waals surface area contributed by atoms with Gasteiger partial charge < -0.3 is 0 Å². The fraction of sp³-hybridized carbons (Fsp3) is 0.250. The van der Waals surface area contributed by atoms with Crippen LogP contribution >= 0.6 is 39.1 Å². The summed E-state index contributed by atoms with van der Waals surface area (Å²) in [6, 6.07) is 14.3. The van der Waals surface area contributed by atoms with Gasteiger partial charge in [0.2, 0.25) is 0 Å². The lowest BCUT2D eigenvalue weighted by atomic mass is 10.0. The molecule has 0 fully saturated rings. The van der Waals surface area contributed by atoms with Gasteiger partial charge in [-0.1, -0.05) is 61.3 Å². The summed E-state index contributed by atoms with van der Waals surface area (Å²) < 4.78 is 0.875. The van der Waals surface area contributed by atoms with Crippen molar-refractivity contribution >= 4 is 39.1 Å². The molecule has 0 saturated carbocycles. The average Bonchev–Trinajstić information content (AvgIpc) is 2.42. The lowest BCUT2D eigenvalue weighted by molar-refractivity contribution is 0.920. The van der Waals surface area contributed by atoms with E-state index >= 15 is 0 Å². The van der Waals surface area contributed by atoms with Crippen LogP contribution in [0.4, 0.5) is 0 Å². The van der Waals surface area contributed by atoms with Crippen LogP contribution in [0.1, 0.15) is 35.4 Å². The molecule has 100 valence electrons. The third-order valence-electron chi connectivity index (χ3n) is 3.07. The van der Waals surface area contributed by atoms with E-state index in [-0.39, 0.29) is 5.38 Å². The van der Waals surface area contributed by atoms with Gasteiger partial charge >= 0.3 is 0 Å². The fourth-order valence-electron chi connectivity index (χ4n) is 2.04. The maximum Gasteiger partial charge on any atom is 0.0850 e. The maximum atomic E-state index is 6.53. The summed E-state index contributed by atoms with van der Waals surface area (Å²) in [7, 11) is 0. The van der Waals surface area contributed by atoms with Crippen molar-refractivity contribution < 1.29 is 0 Å². The Kier molecular flexibility index (Phi) is 5.32. The second-order valence-corrected chi connectivity index (χ2v) is 6.17. The predicted octanol–water partition coefficient (Wildman–Crippen LogP) is 6.38. The molecule has 0 saturated heterocycles. The van der Waals surface area contributed by atoms with E-state index in [9.17, 15) is 0 Å². The standard InChI is InChI=1S/C16H15BrCl2/c1-2-4-11-7-9-12(10-8-11)15(18)13-5-3-6-14(17)16(13)19/h3,5-10,15H,2,4H2,1H3. The topological polar surface area (TPSA) is 0 Å². The first-order valence-corrected chi connectivity index (χ1v) is 7.91. The van der Waals surface area contributed by atoms with Crippen LogP contribution in [0, 0.1) is 0 Å². The SMILES string of the molecule is CCCc1ccc(C(Cl)c2cccc(Br)c2Cl)cc1. The normalized spacial score (nSPS) is 12.4. The van der Waals surface area contributed by atoms with Crippen LogP contribution in [0.3, 0.4) is 0 Å². The Morgan fingerprint density at radius 3 is 2.42 bits per heavy atom. The van der Waals surface area contributed by atoms with Crippen molar-refractivity contribution in [3.05, 3.63) is 68.7 Å². The molecule has 0 aliphatic carbocycles. The molecule has 2 aromatic carbocycles. The van der Waals surface area contributed by atoms with Gasteiger partial charge in [0, 0.05) is 4.47 Å². The van der Waals surface area contributed by atoms with Crippen LogP contribution in [-0.4, -0.2) is 0 Å². The minimum Gasteiger partial charge on any atom is -0.113 e. The molecule has 2 rings (SSSR count). The molecular weight excluding hydrogens is 343 g/mol. The number of halogens is 3. The molecule has 0 nitrogen and oxygen atoms in total. The summed E-state index contributed by atoms with van der Waals surface area (Å²) in [6.07, 6.45) is 2.26. The number of alkyl halides is 1. The lowest BCUT2D eigenvalue weighted by Crippen LogP contribution is -1.95. The summed E-state index contributed by atoms with van der Waals surface area (Å²) in [6.45, 7) is 2.18. The maximum absolute atomic E-state index is 6.53. The molecule has 0 aromatic heterocycles. The first kappa shape index (κ1) is 14.9. The zero-order valence-electron chi connectivity index (χ0n) is 10.7. The van der Waals surface area contributed by atoms with Crippen molar-refractivity contribution in [1.29, 1.82) is 0 Å². The van der Waals surface area contributed by atoms with Gasteiger partial charge in [-0.15, -0.1) is 11.6 Å². The molecule has 0 radical (unpaired) electrons. The van der Waals surface area contributed by atoms with E-state index in [0.717, 1.165) is 28.4 Å². The van der Waals surface area contributed by atoms with Gasteiger partial charge in [0.15, 0.2) is 0 Å². The summed E-state index contributed by atoms with van der Waals surface area (Å²) in [4.78, 5) is 0. The van der Waals surface area contributed by atoms with Crippen LogP contribution in [0.5, 0.6) is 0 Å². The number of aryl methyl sites for hydroxylation is 1. The highest BCUT2D eigenvalue weighted by Gasteiger charge is 2.15. The van der Waals surface area contributed by atoms with E-state index in [2.05, 4.69) is 47.1 Å². The predicted molar refractivity (Wildman–Crippen MR) is 87.3 cm³/mol. The molecule has 0 amide bonds. The minimum absolute atomic E-state index is 0.222. The third kappa shape index (κ3) is 3.53. The first-order valence-electron chi connectivity index (χ1n) is 6.30. The van der Waals surface area contributed by atoms with E-state index in [1.807, 2.05) is 18.2 Å². The molecule has 2 aromatic rings. The van der Waals surface area contributed by atoms with Crippen LogP contribution in [-0.2, 0) is 6.42 Å². The van der Waals surface area contributed by atoms with Crippen molar-refractivity contribution in [2.24, 2.45) is 0 Å². The van der Waals surface area contributed by atoms with Crippen molar-refractivity contribution in [2.75, 3.05) is 0 Å². The summed E-state index contributed by atoms with van der Waals surface area (Å²) in [5.41, 5.74) is 3.35. The number of hydrogen-bond acceptors (Lipinski definition) is 0. The van der Waals surface area contributed by atoms with E-state index < -0.39 is 0 Å². The monoisotopic (exact) mass is 356 g/mol. The van der Waals surface area contributed by atoms with Crippen LogP contribution in [0.2, 0.25) is 5.02 Å². The van der Waals surface area contributed by atoms with Gasteiger partial charge in [0.1, 0.15) is 0 Å². The van der Waals surface area contributed by atoms with Crippen LogP contribution in [0.15, 0.2) is 46.9 Å². The molecular formula is C16H15BrCl2. The van der Waals surface area contributed by atoms with E-state index in [4.69, 9.17) is 23.2 Å². The van der Waals surface area contributed by atoms with Crippen molar-refractivity contribution in [2.45, 2.75) is 25.1 Å². The van der Waals surface area contributed by atoms with Crippen molar-refractivity contribution in [3.8, 4) is 0 Å². The Morgan fingerprint density at radius 1 is 1.11 bits per heavy atom. The highest BCUT2D eigenvalue weighted by molar-refractivity contribution is 9.10. The fourth-order valence-corrected chi connectivity index (χ4v) is 3.04. The Morgan fingerprint density at radius 2 is 1.79 bits per heavy atom. The molecule has 0 spiro atoms. The van der Waals surface area contributed by atoms with Gasteiger partial charge in [-0.05, 0) is 45.1 Å². The highest BCUT2D eigenvalue weighted by atomic mass is 79.9. The number of benzene rings is 2. The van der Waals surface area contributed by atoms with Gasteiger partial charge in [0.05, 0.1) is 10.4 Å². The summed E-state index contributed by atoms with van der Waals surface area (Å²) in [5, 5.41) is 0.459. The van der Waals surface area contributed by atoms with Gasteiger partial charge in [-0.25, -0.2) is 0 Å². The second-order valence-electron chi connectivity index (χ2n) is 4.50. The summed E-state index contributed by atoms with van der Waals surface area (Å²) in [5.74, 6) is 0. The molecule has 0 N–H and O–H groups in total. The molecule has 0 bridgehead atoms. The Labute approximate surface area is 132 Å². The smallest absolute Gasteiger partial charge is 0.0850 e. The van der Waals surface area contributed by atoms with Crippen molar-refractivity contribution in [1.82, 2.24) is 0 Å². The molecule has 0 aliphatic rings. The van der Waals surface area contributed by atoms with Gasteiger partial charge in [-0.3, -0.25) is 0 Å². The molecule has 0 aliphatic heterocycles. The largest absolute Gasteiger partial charge is 0.113 e. The Hall–Kier alpha value is -0.500. The van der Waals surface area contributed by atoms with Crippen LogP contribution in [0.25, 0.3) is 0 Å². The van der Waals surface area contributed by atoms with Gasteiger partial charge in [-0.2, -0.15) is 0 Å². The van der Waals surface area contributed by atoms with Crippen molar-refractivity contribution in [3.63, 3.8) is 0 Å². The Balaban J connectivity index is 2.28.